The van der Waals surface area contributed by atoms with E-state index in [1.807, 2.05) is 0 Å². The summed E-state index contributed by atoms with van der Waals surface area (Å²) in [5, 5.41) is 3.41. The second kappa shape index (κ2) is 4.38. The van der Waals surface area contributed by atoms with Crippen LogP contribution >= 0.6 is 0 Å². The Morgan fingerprint density at radius 2 is 1.59 bits per heavy atom. The highest BCUT2D eigenvalue weighted by atomic mass is 16.2. The zero-order valence-corrected chi connectivity index (χ0v) is 10.0. The summed E-state index contributed by atoms with van der Waals surface area (Å²) < 4.78 is 0. The van der Waals surface area contributed by atoms with E-state index < -0.39 is 0 Å². The van der Waals surface area contributed by atoms with Gasteiger partial charge in [-0.05, 0) is 24.9 Å². The van der Waals surface area contributed by atoms with E-state index in [4.69, 9.17) is 0 Å². The van der Waals surface area contributed by atoms with Crippen LogP contribution in [0.3, 0.4) is 0 Å². The molecule has 0 aromatic rings. The SMILES string of the molecule is O=C1CCC(=O)N1CCN1C[C@H]2CNC[C@H]2C1. The van der Waals surface area contributed by atoms with Crippen molar-refractivity contribution < 1.29 is 9.59 Å². The number of hydrogen-bond donors (Lipinski definition) is 1. The zero-order valence-electron chi connectivity index (χ0n) is 10.0. The van der Waals surface area contributed by atoms with Crippen molar-refractivity contribution in [2.75, 3.05) is 39.3 Å². The highest BCUT2D eigenvalue weighted by Crippen LogP contribution is 2.26. The molecule has 0 bridgehead atoms. The molecule has 3 rings (SSSR count). The van der Waals surface area contributed by atoms with E-state index in [0.717, 1.165) is 44.6 Å². The molecule has 3 saturated heterocycles. The van der Waals surface area contributed by atoms with Gasteiger partial charge in [0.25, 0.3) is 0 Å². The number of nitrogens with zero attached hydrogens (tertiary/aromatic N) is 2. The molecule has 2 amide bonds. The number of likely N-dealkylation sites (tertiary alicyclic amines) is 2. The predicted octanol–water partition coefficient (Wildman–Crippen LogP) is -0.713. The van der Waals surface area contributed by atoms with Crippen LogP contribution < -0.4 is 5.32 Å². The second-order valence-electron chi connectivity index (χ2n) is 5.38. The van der Waals surface area contributed by atoms with Crippen LogP contribution in [0.15, 0.2) is 0 Å². The van der Waals surface area contributed by atoms with Gasteiger partial charge in [-0.15, -0.1) is 0 Å². The van der Waals surface area contributed by atoms with E-state index in [1.54, 1.807) is 0 Å². The lowest BCUT2D eigenvalue weighted by Gasteiger charge is -2.20. The minimum Gasteiger partial charge on any atom is -0.316 e. The Kier molecular flexibility index (Phi) is 2.88. The predicted molar refractivity (Wildman–Crippen MR) is 62.2 cm³/mol. The molecule has 3 fully saturated rings. The van der Waals surface area contributed by atoms with Crippen molar-refractivity contribution in [3.05, 3.63) is 0 Å². The van der Waals surface area contributed by atoms with E-state index in [0.29, 0.717) is 19.4 Å². The summed E-state index contributed by atoms with van der Waals surface area (Å²) in [4.78, 5) is 26.8. The van der Waals surface area contributed by atoms with E-state index in [2.05, 4.69) is 10.2 Å². The molecule has 3 aliphatic heterocycles. The van der Waals surface area contributed by atoms with Gasteiger partial charge in [-0.2, -0.15) is 0 Å². The highest BCUT2D eigenvalue weighted by Gasteiger charge is 2.36. The summed E-state index contributed by atoms with van der Waals surface area (Å²) in [5.41, 5.74) is 0. The Morgan fingerprint density at radius 1 is 1.00 bits per heavy atom. The van der Waals surface area contributed by atoms with Gasteiger partial charge in [0.05, 0.1) is 0 Å². The number of imide groups is 1. The summed E-state index contributed by atoms with van der Waals surface area (Å²) in [6.07, 6.45) is 0.821. The monoisotopic (exact) mass is 237 g/mol. The summed E-state index contributed by atoms with van der Waals surface area (Å²) >= 11 is 0. The minimum atomic E-state index is 0.0102. The number of carbonyl (C=O) groups excluding carboxylic acids is 2. The fourth-order valence-electron chi connectivity index (χ4n) is 3.25. The summed E-state index contributed by atoms with van der Waals surface area (Å²) in [6, 6.07) is 0. The molecular formula is C12H19N3O2. The Hall–Kier alpha value is -0.940. The van der Waals surface area contributed by atoms with Crippen LogP contribution in [-0.4, -0.2) is 60.9 Å². The molecule has 3 aliphatic rings. The van der Waals surface area contributed by atoms with Gasteiger partial charge in [0.1, 0.15) is 0 Å². The molecule has 2 atom stereocenters. The van der Waals surface area contributed by atoms with Crippen LogP contribution in [0.4, 0.5) is 0 Å². The van der Waals surface area contributed by atoms with Crippen molar-refractivity contribution in [2.24, 2.45) is 11.8 Å². The molecular weight excluding hydrogens is 218 g/mol. The Morgan fingerprint density at radius 3 is 2.18 bits per heavy atom. The number of rotatable bonds is 3. The fraction of sp³-hybridized carbons (Fsp3) is 0.833. The van der Waals surface area contributed by atoms with Gasteiger partial charge in [0, 0.05) is 39.0 Å². The molecule has 0 aliphatic carbocycles. The van der Waals surface area contributed by atoms with Gasteiger partial charge in [-0.25, -0.2) is 0 Å². The first kappa shape index (κ1) is 11.2. The van der Waals surface area contributed by atoms with Gasteiger partial charge >= 0.3 is 0 Å². The first-order chi connectivity index (χ1) is 8.24. The molecule has 0 aromatic heterocycles. The molecule has 5 heteroatoms. The Labute approximate surface area is 101 Å². The van der Waals surface area contributed by atoms with Gasteiger partial charge < -0.3 is 10.2 Å². The maximum atomic E-state index is 11.5. The normalized spacial score (nSPS) is 33.8. The van der Waals surface area contributed by atoms with E-state index >= 15 is 0 Å². The van der Waals surface area contributed by atoms with Crippen molar-refractivity contribution >= 4 is 11.8 Å². The maximum absolute atomic E-state index is 11.5. The van der Waals surface area contributed by atoms with Crippen molar-refractivity contribution in [3.8, 4) is 0 Å². The third-order valence-corrected chi connectivity index (χ3v) is 4.26. The molecule has 0 radical (unpaired) electrons. The number of fused-ring (bicyclic) bond motifs is 1. The van der Waals surface area contributed by atoms with Crippen LogP contribution in [0.25, 0.3) is 0 Å². The zero-order chi connectivity index (χ0) is 11.8. The number of nitrogens with one attached hydrogen (secondary N) is 1. The van der Waals surface area contributed by atoms with E-state index in [1.165, 1.54) is 4.90 Å². The standard InChI is InChI=1S/C12H19N3O2/c16-11-1-2-12(17)15(11)4-3-14-7-9-5-13-6-10(9)8-14/h9-10,13H,1-8H2/t9-,10+. The lowest BCUT2D eigenvalue weighted by atomic mass is 10.0. The number of amides is 2. The first-order valence-electron chi connectivity index (χ1n) is 6.50. The first-order valence-corrected chi connectivity index (χ1v) is 6.50. The summed E-state index contributed by atoms with van der Waals surface area (Å²) in [6.45, 7) is 5.93. The largest absolute Gasteiger partial charge is 0.316 e. The van der Waals surface area contributed by atoms with Crippen LogP contribution in [0.1, 0.15) is 12.8 Å². The Balaban J connectivity index is 1.49. The molecule has 94 valence electrons. The summed E-state index contributed by atoms with van der Waals surface area (Å²) in [5.74, 6) is 1.58. The van der Waals surface area contributed by atoms with Crippen LogP contribution in [0.2, 0.25) is 0 Å². The lowest BCUT2D eigenvalue weighted by molar-refractivity contribution is -0.138. The van der Waals surface area contributed by atoms with Gasteiger partial charge in [-0.1, -0.05) is 0 Å². The van der Waals surface area contributed by atoms with Crippen LogP contribution in [-0.2, 0) is 9.59 Å². The smallest absolute Gasteiger partial charge is 0.229 e. The molecule has 0 aromatic carbocycles. The third-order valence-electron chi connectivity index (χ3n) is 4.26. The van der Waals surface area contributed by atoms with E-state index in [-0.39, 0.29) is 11.8 Å². The average Bonchev–Trinajstić information content (AvgIpc) is 2.92. The molecule has 17 heavy (non-hydrogen) atoms. The maximum Gasteiger partial charge on any atom is 0.229 e. The molecule has 0 unspecified atom stereocenters. The van der Waals surface area contributed by atoms with Crippen molar-refractivity contribution in [1.29, 1.82) is 0 Å². The topological polar surface area (TPSA) is 52.7 Å². The van der Waals surface area contributed by atoms with Crippen LogP contribution in [0, 0.1) is 11.8 Å². The molecule has 1 N–H and O–H groups in total. The number of hydrogen-bond acceptors (Lipinski definition) is 4. The van der Waals surface area contributed by atoms with Crippen molar-refractivity contribution in [1.82, 2.24) is 15.1 Å². The lowest BCUT2D eigenvalue weighted by Crippen LogP contribution is -2.38. The average molecular weight is 237 g/mol. The molecule has 0 saturated carbocycles. The minimum absolute atomic E-state index is 0.0102. The van der Waals surface area contributed by atoms with Crippen LogP contribution in [0.5, 0.6) is 0 Å². The third kappa shape index (κ3) is 2.09. The van der Waals surface area contributed by atoms with Gasteiger partial charge in [-0.3, -0.25) is 14.5 Å². The van der Waals surface area contributed by atoms with Crippen molar-refractivity contribution in [2.45, 2.75) is 12.8 Å². The number of carbonyl (C=O) groups is 2. The quantitative estimate of drug-likeness (QED) is 0.659. The summed E-state index contributed by atoms with van der Waals surface area (Å²) in [7, 11) is 0. The molecule has 0 spiro atoms. The fourth-order valence-corrected chi connectivity index (χ4v) is 3.25. The van der Waals surface area contributed by atoms with Crippen molar-refractivity contribution in [3.63, 3.8) is 0 Å². The van der Waals surface area contributed by atoms with Gasteiger partial charge in [0.15, 0.2) is 0 Å². The molecule has 3 heterocycles. The highest BCUT2D eigenvalue weighted by molar-refractivity contribution is 6.01. The van der Waals surface area contributed by atoms with Gasteiger partial charge in [0.2, 0.25) is 11.8 Å². The Bertz CT molecular complexity index is 317. The van der Waals surface area contributed by atoms with E-state index in [9.17, 15) is 9.59 Å². The second-order valence-corrected chi connectivity index (χ2v) is 5.38. The molecule has 5 nitrogen and oxygen atoms in total.